The van der Waals surface area contributed by atoms with Gasteiger partial charge in [-0.25, -0.2) is 9.78 Å². The second-order valence-corrected chi connectivity index (χ2v) is 4.99. The van der Waals surface area contributed by atoms with Crippen LogP contribution in [-0.4, -0.2) is 24.6 Å². The summed E-state index contributed by atoms with van der Waals surface area (Å²) in [5.41, 5.74) is 0.777. The van der Waals surface area contributed by atoms with E-state index in [0.29, 0.717) is 10.9 Å². The zero-order valence-corrected chi connectivity index (χ0v) is 10.4. The van der Waals surface area contributed by atoms with Gasteiger partial charge in [-0.3, -0.25) is 0 Å². The van der Waals surface area contributed by atoms with Gasteiger partial charge in [0.1, 0.15) is 9.88 Å². The summed E-state index contributed by atoms with van der Waals surface area (Å²) in [6.45, 7) is 2.89. The summed E-state index contributed by atoms with van der Waals surface area (Å²) in [5.74, 6) is -0.281. The molecule has 1 aliphatic rings. The van der Waals surface area contributed by atoms with Crippen LogP contribution in [0, 0.1) is 6.92 Å². The third kappa shape index (κ3) is 2.25. The number of nitrogens with zero attached hydrogens (tertiary/aromatic N) is 1. The Morgan fingerprint density at radius 3 is 3.00 bits per heavy atom. The van der Waals surface area contributed by atoms with E-state index in [2.05, 4.69) is 10.3 Å². The minimum atomic E-state index is -0.281. The number of carbonyl (C=O) groups is 1. The maximum atomic E-state index is 11.5. The first-order chi connectivity index (χ1) is 7.72. The number of rotatable bonds is 2. The van der Waals surface area contributed by atoms with Crippen molar-refractivity contribution >= 4 is 17.3 Å². The lowest BCUT2D eigenvalue weighted by Gasteiger charge is -2.21. The molecule has 5 heteroatoms. The van der Waals surface area contributed by atoms with Gasteiger partial charge in [0.05, 0.1) is 18.8 Å². The van der Waals surface area contributed by atoms with Crippen LogP contribution in [0.5, 0.6) is 0 Å². The monoisotopic (exact) mass is 240 g/mol. The highest BCUT2D eigenvalue weighted by Crippen LogP contribution is 2.29. The maximum absolute atomic E-state index is 11.5. The number of esters is 1. The van der Waals surface area contributed by atoms with Crippen LogP contribution in [0.3, 0.4) is 0 Å². The second kappa shape index (κ2) is 4.93. The summed E-state index contributed by atoms with van der Waals surface area (Å²) in [6, 6.07) is 0.316. The number of aryl methyl sites for hydroxylation is 1. The van der Waals surface area contributed by atoms with Gasteiger partial charge in [-0.2, -0.15) is 0 Å². The Labute approximate surface area is 99.0 Å². The van der Waals surface area contributed by atoms with Gasteiger partial charge in [0.15, 0.2) is 0 Å². The molecule has 0 unspecified atom stereocenters. The molecule has 1 aromatic heterocycles. The molecule has 1 fully saturated rings. The Morgan fingerprint density at radius 1 is 1.56 bits per heavy atom. The molecule has 0 spiro atoms. The van der Waals surface area contributed by atoms with Crippen molar-refractivity contribution in [3.05, 3.63) is 15.6 Å². The molecule has 2 rings (SSSR count). The highest BCUT2D eigenvalue weighted by molar-refractivity contribution is 7.13. The fourth-order valence-corrected chi connectivity index (χ4v) is 3.01. The number of nitrogens with one attached hydrogen (secondary N) is 1. The van der Waals surface area contributed by atoms with Gasteiger partial charge < -0.3 is 10.1 Å². The van der Waals surface area contributed by atoms with Gasteiger partial charge in [-0.1, -0.05) is 6.42 Å². The molecule has 0 aromatic carbocycles. The van der Waals surface area contributed by atoms with Crippen LogP contribution in [-0.2, 0) is 4.74 Å². The van der Waals surface area contributed by atoms with Crippen LogP contribution >= 0.6 is 11.3 Å². The average Bonchev–Trinajstić information content (AvgIpc) is 2.71. The van der Waals surface area contributed by atoms with E-state index in [4.69, 9.17) is 4.74 Å². The Bertz CT molecular complexity index is 383. The van der Waals surface area contributed by atoms with Crippen molar-refractivity contribution in [3.63, 3.8) is 0 Å². The van der Waals surface area contributed by atoms with Gasteiger partial charge >= 0.3 is 5.97 Å². The number of thiazole rings is 1. The summed E-state index contributed by atoms with van der Waals surface area (Å²) < 4.78 is 4.73. The Hall–Kier alpha value is -0.940. The van der Waals surface area contributed by atoms with Gasteiger partial charge in [0.25, 0.3) is 0 Å². The van der Waals surface area contributed by atoms with Crippen LogP contribution < -0.4 is 5.32 Å². The number of ether oxygens (including phenoxy) is 1. The number of carbonyl (C=O) groups excluding carboxylic acids is 1. The number of piperidine rings is 1. The molecule has 88 valence electrons. The molecular weight excluding hydrogens is 224 g/mol. The van der Waals surface area contributed by atoms with Gasteiger partial charge in [-0.15, -0.1) is 11.3 Å². The third-order valence-electron chi connectivity index (χ3n) is 2.79. The highest BCUT2D eigenvalue weighted by Gasteiger charge is 2.22. The lowest BCUT2D eigenvalue weighted by atomic mass is 10.1. The normalized spacial score (nSPS) is 20.8. The first-order valence-corrected chi connectivity index (χ1v) is 6.33. The molecule has 16 heavy (non-hydrogen) atoms. The zero-order valence-electron chi connectivity index (χ0n) is 9.58. The van der Waals surface area contributed by atoms with E-state index < -0.39 is 0 Å². The molecule has 4 nitrogen and oxygen atoms in total. The van der Waals surface area contributed by atoms with Gasteiger partial charge in [0, 0.05) is 0 Å². The van der Waals surface area contributed by atoms with Crippen LogP contribution in [0.25, 0.3) is 0 Å². The fraction of sp³-hybridized carbons (Fsp3) is 0.636. The number of methoxy groups -OCH3 is 1. The lowest BCUT2D eigenvalue weighted by molar-refractivity contribution is 0.0605. The molecule has 0 amide bonds. The summed E-state index contributed by atoms with van der Waals surface area (Å²) >= 11 is 1.45. The molecule has 0 bridgehead atoms. The Kier molecular flexibility index (Phi) is 3.56. The zero-order chi connectivity index (χ0) is 11.5. The van der Waals surface area contributed by atoms with Crippen LogP contribution in [0.2, 0.25) is 0 Å². The molecule has 1 atom stereocenters. The molecule has 0 saturated carbocycles. The molecule has 1 N–H and O–H groups in total. The first kappa shape index (κ1) is 11.5. The van der Waals surface area contributed by atoms with Crippen molar-refractivity contribution in [3.8, 4) is 0 Å². The summed E-state index contributed by atoms with van der Waals surface area (Å²) in [6.07, 6.45) is 3.56. The highest BCUT2D eigenvalue weighted by atomic mass is 32.1. The summed E-state index contributed by atoms with van der Waals surface area (Å²) in [4.78, 5) is 16.5. The molecule has 1 aliphatic heterocycles. The lowest BCUT2D eigenvalue weighted by Crippen LogP contribution is -2.26. The van der Waals surface area contributed by atoms with E-state index in [0.717, 1.165) is 23.7 Å². The second-order valence-electron chi connectivity index (χ2n) is 3.96. The predicted octanol–water partition coefficient (Wildman–Crippen LogP) is 2.05. The van der Waals surface area contributed by atoms with Crippen molar-refractivity contribution in [2.75, 3.05) is 13.7 Å². The van der Waals surface area contributed by atoms with Crippen LogP contribution in [0.15, 0.2) is 0 Å². The largest absolute Gasteiger partial charge is 0.465 e. The van der Waals surface area contributed by atoms with E-state index in [-0.39, 0.29) is 5.97 Å². The van der Waals surface area contributed by atoms with E-state index in [1.54, 1.807) is 0 Å². The molecular formula is C11H16N2O2S. The van der Waals surface area contributed by atoms with Crippen molar-refractivity contribution in [1.29, 1.82) is 0 Å². The van der Waals surface area contributed by atoms with E-state index >= 15 is 0 Å². The van der Waals surface area contributed by atoms with Crippen molar-refractivity contribution in [2.45, 2.75) is 32.2 Å². The SMILES string of the molecule is COC(=O)c1sc([C@@H]2CCCCN2)nc1C. The first-order valence-electron chi connectivity index (χ1n) is 5.51. The Morgan fingerprint density at radius 2 is 2.38 bits per heavy atom. The third-order valence-corrected chi connectivity index (χ3v) is 4.04. The number of aromatic nitrogens is 1. The maximum Gasteiger partial charge on any atom is 0.349 e. The quantitative estimate of drug-likeness (QED) is 0.804. The van der Waals surface area contributed by atoms with E-state index in [1.165, 1.54) is 31.3 Å². The predicted molar refractivity (Wildman–Crippen MR) is 62.8 cm³/mol. The molecule has 1 saturated heterocycles. The standard InChI is InChI=1S/C11H16N2O2S/c1-7-9(11(14)15-2)16-10(13-7)8-5-3-4-6-12-8/h8,12H,3-6H2,1-2H3/t8-/m0/s1. The topological polar surface area (TPSA) is 51.2 Å². The fourth-order valence-electron chi connectivity index (χ4n) is 1.91. The Balaban J connectivity index is 2.19. The number of hydrogen-bond donors (Lipinski definition) is 1. The minimum Gasteiger partial charge on any atom is -0.465 e. The molecule has 1 aromatic rings. The van der Waals surface area contributed by atoms with E-state index in [1.807, 2.05) is 6.92 Å². The molecule has 0 aliphatic carbocycles. The smallest absolute Gasteiger partial charge is 0.349 e. The van der Waals surface area contributed by atoms with Gasteiger partial charge in [0.2, 0.25) is 0 Å². The summed E-state index contributed by atoms with van der Waals surface area (Å²) in [5, 5.41) is 4.44. The number of hydrogen-bond acceptors (Lipinski definition) is 5. The van der Waals surface area contributed by atoms with Crippen molar-refractivity contribution < 1.29 is 9.53 Å². The van der Waals surface area contributed by atoms with Crippen molar-refractivity contribution in [2.24, 2.45) is 0 Å². The van der Waals surface area contributed by atoms with E-state index in [9.17, 15) is 4.79 Å². The molecule has 2 heterocycles. The average molecular weight is 240 g/mol. The van der Waals surface area contributed by atoms with Gasteiger partial charge in [-0.05, 0) is 26.3 Å². The minimum absolute atomic E-state index is 0.281. The molecule has 0 radical (unpaired) electrons. The van der Waals surface area contributed by atoms with Crippen molar-refractivity contribution in [1.82, 2.24) is 10.3 Å². The van der Waals surface area contributed by atoms with Crippen LogP contribution in [0.4, 0.5) is 0 Å². The van der Waals surface area contributed by atoms with Crippen LogP contribution in [0.1, 0.15) is 45.7 Å². The summed E-state index contributed by atoms with van der Waals surface area (Å²) in [7, 11) is 1.40.